The van der Waals surface area contributed by atoms with Crippen molar-refractivity contribution in [3.05, 3.63) is 29.8 Å². The first kappa shape index (κ1) is 15.5. The summed E-state index contributed by atoms with van der Waals surface area (Å²) >= 11 is 0. The summed E-state index contributed by atoms with van der Waals surface area (Å²) in [6.07, 6.45) is 1.68. The number of carbonyl (C=O) groups excluding carboxylic acids is 1. The molecule has 4 nitrogen and oxygen atoms in total. The Morgan fingerprint density at radius 2 is 2.16 bits per heavy atom. The van der Waals surface area contributed by atoms with E-state index in [1.54, 1.807) is 13.2 Å². The molecule has 0 saturated heterocycles. The zero-order chi connectivity index (χ0) is 14.1. The van der Waals surface area contributed by atoms with E-state index in [1.165, 1.54) is 5.56 Å². The monoisotopic (exact) mass is 265 g/mol. The van der Waals surface area contributed by atoms with Crippen LogP contribution in [0.5, 0.6) is 5.75 Å². The molecule has 0 aliphatic carbocycles. The summed E-state index contributed by atoms with van der Waals surface area (Å²) in [6.45, 7) is 5.32. The highest BCUT2D eigenvalue weighted by Gasteiger charge is 2.04. The fourth-order valence-electron chi connectivity index (χ4n) is 1.62. The van der Waals surface area contributed by atoms with Crippen molar-refractivity contribution in [3.63, 3.8) is 0 Å². The Bertz CT molecular complexity index is 391. The first-order valence-electron chi connectivity index (χ1n) is 6.65. The van der Waals surface area contributed by atoms with Crippen molar-refractivity contribution in [3.8, 4) is 5.75 Å². The van der Waals surface area contributed by atoms with E-state index >= 15 is 0 Å². The molecule has 4 heteroatoms. The van der Waals surface area contributed by atoms with Crippen LogP contribution in [0.4, 0.5) is 4.79 Å². The first-order chi connectivity index (χ1) is 9.11. The number of hydrogen-bond acceptors (Lipinski definition) is 3. The minimum Gasteiger partial charge on any atom is -0.410 e. The zero-order valence-corrected chi connectivity index (χ0v) is 11.9. The maximum atomic E-state index is 11.5. The fourth-order valence-corrected chi connectivity index (χ4v) is 1.62. The highest BCUT2D eigenvalue weighted by molar-refractivity contribution is 5.70. The number of carbonyl (C=O) groups is 1. The SMILES string of the molecule is COCCNC(=O)Oc1cccc(CCC(C)C)c1. The summed E-state index contributed by atoms with van der Waals surface area (Å²) in [5, 5.41) is 2.62. The van der Waals surface area contributed by atoms with E-state index in [0.29, 0.717) is 24.8 Å². The highest BCUT2D eigenvalue weighted by Crippen LogP contribution is 2.16. The molecule has 0 saturated carbocycles. The van der Waals surface area contributed by atoms with Crippen LogP contribution >= 0.6 is 0 Å². The molecule has 0 spiro atoms. The highest BCUT2D eigenvalue weighted by atomic mass is 16.6. The molecular formula is C15H23NO3. The van der Waals surface area contributed by atoms with E-state index in [0.717, 1.165) is 12.8 Å². The maximum Gasteiger partial charge on any atom is 0.412 e. The van der Waals surface area contributed by atoms with Crippen molar-refractivity contribution in [1.82, 2.24) is 5.32 Å². The predicted octanol–water partition coefficient (Wildman–Crippen LogP) is 3.01. The second-order valence-corrected chi connectivity index (χ2v) is 4.89. The van der Waals surface area contributed by atoms with Gasteiger partial charge in [-0.05, 0) is 36.5 Å². The molecule has 1 rings (SSSR count). The second-order valence-electron chi connectivity index (χ2n) is 4.89. The van der Waals surface area contributed by atoms with Gasteiger partial charge in [0.1, 0.15) is 5.75 Å². The molecule has 1 N–H and O–H groups in total. The number of aryl methyl sites for hydroxylation is 1. The molecule has 1 amide bonds. The number of benzene rings is 1. The lowest BCUT2D eigenvalue weighted by Gasteiger charge is -2.08. The molecule has 1 aromatic carbocycles. The molecule has 0 bridgehead atoms. The lowest BCUT2D eigenvalue weighted by molar-refractivity contribution is 0.180. The van der Waals surface area contributed by atoms with Crippen molar-refractivity contribution < 1.29 is 14.3 Å². The van der Waals surface area contributed by atoms with Gasteiger partial charge in [-0.1, -0.05) is 26.0 Å². The Kier molecular flexibility index (Phi) is 6.97. The van der Waals surface area contributed by atoms with Crippen molar-refractivity contribution in [2.24, 2.45) is 5.92 Å². The lowest BCUT2D eigenvalue weighted by Crippen LogP contribution is -2.29. The van der Waals surface area contributed by atoms with Gasteiger partial charge >= 0.3 is 6.09 Å². The van der Waals surface area contributed by atoms with Gasteiger partial charge in [-0.25, -0.2) is 4.79 Å². The second kappa shape index (κ2) is 8.53. The van der Waals surface area contributed by atoms with E-state index in [1.807, 2.05) is 12.1 Å². The van der Waals surface area contributed by atoms with E-state index in [-0.39, 0.29) is 0 Å². The molecule has 0 aliphatic rings. The van der Waals surface area contributed by atoms with Crippen LogP contribution in [0.15, 0.2) is 24.3 Å². The Hall–Kier alpha value is -1.55. The van der Waals surface area contributed by atoms with Gasteiger partial charge in [0.25, 0.3) is 0 Å². The third-order valence-electron chi connectivity index (χ3n) is 2.69. The van der Waals surface area contributed by atoms with E-state index in [4.69, 9.17) is 9.47 Å². The van der Waals surface area contributed by atoms with Crippen LogP contribution in [0, 0.1) is 5.92 Å². The molecule has 106 valence electrons. The Labute approximate surface area is 115 Å². The largest absolute Gasteiger partial charge is 0.412 e. The smallest absolute Gasteiger partial charge is 0.410 e. The standard InChI is InChI=1S/C15H23NO3/c1-12(2)7-8-13-5-4-6-14(11-13)19-15(17)16-9-10-18-3/h4-6,11-12H,7-10H2,1-3H3,(H,16,17). The van der Waals surface area contributed by atoms with Gasteiger partial charge in [-0.3, -0.25) is 0 Å². The summed E-state index contributed by atoms with van der Waals surface area (Å²) in [4.78, 5) is 11.5. The maximum absolute atomic E-state index is 11.5. The third kappa shape index (κ3) is 6.82. The van der Waals surface area contributed by atoms with Crippen molar-refractivity contribution in [1.29, 1.82) is 0 Å². The molecule has 0 aromatic heterocycles. The molecule has 0 aliphatic heterocycles. The van der Waals surface area contributed by atoms with Gasteiger partial charge in [0, 0.05) is 13.7 Å². The summed E-state index contributed by atoms with van der Waals surface area (Å²) in [5.74, 6) is 1.25. The van der Waals surface area contributed by atoms with E-state index in [9.17, 15) is 4.79 Å². The Morgan fingerprint density at radius 3 is 2.84 bits per heavy atom. The van der Waals surface area contributed by atoms with Gasteiger partial charge in [0.2, 0.25) is 0 Å². The minimum atomic E-state index is -0.446. The number of ether oxygens (including phenoxy) is 2. The van der Waals surface area contributed by atoms with Gasteiger partial charge in [0.05, 0.1) is 6.61 Å². The molecule has 0 fully saturated rings. The van der Waals surface area contributed by atoms with Crippen LogP contribution in [0.3, 0.4) is 0 Å². The summed E-state index contributed by atoms with van der Waals surface area (Å²) in [5.41, 5.74) is 1.19. The Morgan fingerprint density at radius 1 is 1.37 bits per heavy atom. The number of rotatable bonds is 7. The van der Waals surface area contributed by atoms with E-state index in [2.05, 4.69) is 25.2 Å². The van der Waals surface area contributed by atoms with Crippen LogP contribution in [-0.2, 0) is 11.2 Å². The summed E-state index contributed by atoms with van der Waals surface area (Å²) in [6, 6.07) is 7.67. The average Bonchev–Trinajstić information content (AvgIpc) is 2.37. The van der Waals surface area contributed by atoms with Gasteiger partial charge in [0.15, 0.2) is 0 Å². The number of hydrogen-bond donors (Lipinski definition) is 1. The molecular weight excluding hydrogens is 242 g/mol. The van der Waals surface area contributed by atoms with Gasteiger partial charge in [-0.15, -0.1) is 0 Å². The predicted molar refractivity (Wildman–Crippen MR) is 75.5 cm³/mol. The van der Waals surface area contributed by atoms with Crippen molar-refractivity contribution >= 4 is 6.09 Å². The summed E-state index contributed by atoms with van der Waals surface area (Å²) < 4.78 is 10.0. The zero-order valence-electron chi connectivity index (χ0n) is 11.9. The van der Waals surface area contributed by atoms with Gasteiger partial charge in [-0.2, -0.15) is 0 Å². The fraction of sp³-hybridized carbons (Fsp3) is 0.533. The minimum absolute atomic E-state index is 0.446. The molecule has 0 unspecified atom stereocenters. The third-order valence-corrected chi connectivity index (χ3v) is 2.69. The van der Waals surface area contributed by atoms with Crippen molar-refractivity contribution in [2.75, 3.05) is 20.3 Å². The van der Waals surface area contributed by atoms with Crippen LogP contribution in [0.1, 0.15) is 25.8 Å². The van der Waals surface area contributed by atoms with E-state index < -0.39 is 6.09 Å². The lowest BCUT2D eigenvalue weighted by atomic mass is 10.0. The number of amides is 1. The van der Waals surface area contributed by atoms with Crippen molar-refractivity contribution in [2.45, 2.75) is 26.7 Å². The summed E-state index contributed by atoms with van der Waals surface area (Å²) in [7, 11) is 1.59. The van der Waals surface area contributed by atoms with Crippen LogP contribution in [0.25, 0.3) is 0 Å². The molecule has 0 radical (unpaired) electrons. The van der Waals surface area contributed by atoms with Crippen LogP contribution in [0.2, 0.25) is 0 Å². The average molecular weight is 265 g/mol. The number of nitrogens with one attached hydrogen (secondary N) is 1. The Balaban J connectivity index is 2.45. The molecule has 0 atom stereocenters. The first-order valence-corrected chi connectivity index (χ1v) is 6.65. The quantitative estimate of drug-likeness (QED) is 0.771. The molecule has 0 heterocycles. The topological polar surface area (TPSA) is 47.6 Å². The van der Waals surface area contributed by atoms with Crippen LogP contribution in [-0.4, -0.2) is 26.4 Å². The normalized spacial score (nSPS) is 10.5. The van der Waals surface area contributed by atoms with Crippen LogP contribution < -0.4 is 10.1 Å². The molecule has 1 aromatic rings. The molecule has 19 heavy (non-hydrogen) atoms. The van der Waals surface area contributed by atoms with Gasteiger partial charge < -0.3 is 14.8 Å². The number of methoxy groups -OCH3 is 1.